The first-order valence-corrected chi connectivity index (χ1v) is 11.1. The average Bonchev–Trinajstić information content (AvgIpc) is 3.21. The molecule has 2 aromatic carbocycles. The molecule has 2 fully saturated rings. The van der Waals surface area contributed by atoms with Gasteiger partial charge in [-0.15, -0.1) is 0 Å². The highest BCUT2D eigenvalue weighted by molar-refractivity contribution is 6.06. The number of carbonyl (C=O) groups excluding carboxylic acids is 2. The van der Waals surface area contributed by atoms with Gasteiger partial charge < -0.3 is 20.1 Å². The number of nitrogens with zero attached hydrogens (tertiary/aromatic N) is 2. The SMILES string of the molecule is CC(=O)N1CCC2(CC1)CN(c1cc(F)cc(NC(=O)c3cc4c(F)ccc(C)c4[nH]3)c1)C2. The van der Waals surface area contributed by atoms with Crippen molar-refractivity contribution in [2.24, 2.45) is 5.41 Å². The van der Waals surface area contributed by atoms with E-state index in [4.69, 9.17) is 0 Å². The number of halogens is 2. The predicted octanol–water partition coefficient (Wildman–Crippen LogP) is 4.46. The summed E-state index contributed by atoms with van der Waals surface area (Å²) in [6.07, 6.45) is 1.89. The van der Waals surface area contributed by atoms with Gasteiger partial charge >= 0.3 is 0 Å². The Morgan fingerprint density at radius 2 is 1.79 bits per heavy atom. The van der Waals surface area contributed by atoms with Crippen LogP contribution in [0.3, 0.4) is 0 Å². The van der Waals surface area contributed by atoms with Crippen LogP contribution < -0.4 is 10.2 Å². The number of rotatable bonds is 3. The van der Waals surface area contributed by atoms with Crippen molar-refractivity contribution in [3.05, 3.63) is 59.3 Å². The number of hydrogen-bond donors (Lipinski definition) is 2. The number of aromatic nitrogens is 1. The fourth-order valence-electron chi connectivity index (χ4n) is 5.03. The first-order chi connectivity index (χ1) is 15.7. The van der Waals surface area contributed by atoms with Crippen molar-refractivity contribution in [1.82, 2.24) is 9.88 Å². The molecule has 0 radical (unpaired) electrons. The van der Waals surface area contributed by atoms with Crippen molar-refractivity contribution in [2.75, 3.05) is 36.4 Å². The van der Waals surface area contributed by atoms with Crippen molar-refractivity contribution in [3.63, 3.8) is 0 Å². The minimum atomic E-state index is -0.460. The first-order valence-electron chi connectivity index (χ1n) is 11.1. The standard InChI is InChI=1S/C25H26F2N4O2/c1-15-3-4-21(27)20-12-22(29-23(15)20)24(33)28-18-9-17(26)10-19(11-18)31-13-25(14-31)5-7-30(8-6-25)16(2)32/h3-4,9-12,29H,5-8,13-14H2,1-2H3,(H,28,33). The Hall–Kier alpha value is -3.42. The molecule has 2 N–H and O–H groups in total. The number of aromatic amines is 1. The van der Waals surface area contributed by atoms with Gasteiger partial charge in [0.25, 0.3) is 5.91 Å². The molecule has 0 saturated carbocycles. The number of benzene rings is 2. The van der Waals surface area contributed by atoms with Gasteiger partial charge in [-0.3, -0.25) is 9.59 Å². The van der Waals surface area contributed by atoms with E-state index in [-0.39, 0.29) is 17.0 Å². The number of piperidine rings is 1. The summed E-state index contributed by atoms with van der Waals surface area (Å²) in [4.78, 5) is 31.3. The number of carbonyl (C=O) groups is 2. The zero-order valence-corrected chi connectivity index (χ0v) is 18.7. The van der Waals surface area contributed by atoms with E-state index in [1.807, 2.05) is 11.8 Å². The van der Waals surface area contributed by atoms with Gasteiger partial charge in [0.1, 0.15) is 17.3 Å². The molecule has 1 aromatic heterocycles. The van der Waals surface area contributed by atoms with Crippen LogP contribution in [0, 0.1) is 24.0 Å². The Morgan fingerprint density at radius 3 is 2.45 bits per heavy atom. The Balaban J connectivity index is 1.29. The largest absolute Gasteiger partial charge is 0.370 e. The lowest BCUT2D eigenvalue weighted by atomic mass is 9.71. The molecule has 2 amide bonds. The summed E-state index contributed by atoms with van der Waals surface area (Å²) in [5, 5.41) is 3.08. The Morgan fingerprint density at radius 1 is 1.06 bits per heavy atom. The van der Waals surface area contributed by atoms with Gasteiger partial charge in [0.2, 0.25) is 5.91 Å². The molecule has 3 aromatic rings. The summed E-state index contributed by atoms with van der Waals surface area (Å²) >= 11 is 0. The molecule has 0 atom stereocenters. The van der Waals surface area contributed by atoms with Crippen molar-refractivity contribution >= 4 is 34.1 Å². The fraction of sp³-hybridized carbons (Fsp3) is 0.360. The van der Waals surface area contributed by atoms with Crippen LogP contribution in [0.1, 0.15) is 35.8 Å². The maximum atomic E-state index is 14.4. The topological polar surface area (TPSA) is 68.4 Å². The van der Waals surface area contributed by atoms with E-state index in [2.05, 4.69) is 15.2 Å². The van der Waals surface area contributed by atoms with Gasteiger partial charge in [-0.25, -0.2) is 8.78 Å². The molecule has 8 heteroatoms. The van der Waals surface area contributed by atoms with Crippen LogP contribution in [-0.4, -0.2) is 47.9 Å². The molecule has 2 aliphatic heterocycles. The molecule has 0 unspecified atom stereocenters. The molecule has 6 nitrogen and oxygen atoms in total. The van der Waals surface area contributed by atoms with Crippen molar-refractivity contribution in [3.8, 4) is 0 Å². The highest BCUT2D eigenvalue weighted by Gasteiger charge is 2.45. The van der Waals surface area contributed by atoms with Crippen LogP contribution in [0.2, 0.25) is 0 Å². The van der Waals surface area contributed by atoms with Gasteiger partial charge in [-0.1, -0.05) is 6.07 Å². The molecule has 2 aliphatic rings. The highest BCUT2D eigenvalue weighted by Crippen LogP contribution is 2.43. The van der Waals surface area contributed by atoms with E-state index in [1.54, 1.807) is 19.1 Å². The third kappa shape index (κ3) is 3.94. The lowest BCUT2D eigenvalue weighted by molar-refractivity contribution is -0.131. The lowest BCUT2D eigenvalue weighted by Gasteiger charge is -2.55. The van der Waals surface area contributed by atoms with Crippen molar-refractivity contribution < 1.29 is 18.4 Å². The van der Waals surface area contributed by atoms with E-state index in [0.717, 1.165) is 44.6 Å². The van der Waals surface area contributed by atoms with E-state index in [0.29, 0.717) is 22.3 Å². The summed E-state index contributed by atoms with van der Waals surface area (Å²) in [5.74, 6) is -1.19. The molecule has 172 valence electrons. The molecule has 0 bridgehead atoms. The quantitative estimate of drug-likeness (QED) is 0.617. The molecule has 5 rings (SSSR count). The number of anilines is 2. The third-order valence-electron chi connectivity index (χ3n) is 7.02. The minimum absolute atomic E-state index is 0.111. The normalized spacial score (nSPS) is 17.3. The van der Waals surface area contributed by atoms with Crippen LogP contribution in [0.15, 0.2) is 36.4 Å². The van der Waals surface area contributed by atoms with Crippen LogP contribution in [0.5, 0.6) is 0 Å². The molecular weight excluding hydrogens is 426 g/mol. The number of likely N-dealkylation sites (tertiary alicyclic amines) is 1. The molecule has 3 heterocycles. The number of hydrogen-bond acceptors (Lipinski definition) is 3. The maximum Gasteiger partial charge on any atom is 0.272 e. The van der Waals surface area contributed by atoms with Gasteiger partial charge in [-0.2, -0.15) is 0 Å². The van der Waals surface area contributed by atoms with Gasteiger partial charge in [0, 0.05) is 55.3 Å². The first kappa shape index (κ1) is 21.4. The van der Waals surface area contributed by atoms with Gasteiger partial charge in [0.15, 0.2) is 0 Å². The molecule has 2 saturated heterocycles. The predicted molar refractivity (Wildman–Crippen MR) is 123 cm³/mol. The summed E-state index contributed by atoms with van der Waals surface area (Å²) in [6, 6.07) is 8.99. The molecule has 0 aliphatic carbocycles. The zero-order chi connectivity index (χ0) is 23.3. The van der Waals surface area contributed by atoms with Gasteiger partial charge in [0.05, 0.1) is 5.52 Å². The fourth-order valence-corrected chi connectivity index (χ4v) is 5.03. The second kappa shape index (κ2) is 7.86. The number of amides is 2. The Labute approximate surface area is 190 Å². The monoisotopic (exact) mass is 452 g/mol. The number of nitrogens with one attached hydrogen (secondary N) is 2. The van der Waals surface area contributed by atoms with Gasteiger partial charge in [-0.05, 0) is 55.7 Å². The van der Waals surface area contributed by atoms with Crippen LogP contribution in [0.4, 0.5) is 20.2 Å². The van der Waals surface area contributed by atoms with Crippen LogP contribution in [-0.2, 0) is 4.79 Å². The Bertz CT molecular complexity index is 1210. The maximum absolute atomic E-state index is 14.4. The smallest absolute Gasteiger partial charge is 0.272 e. The third-order valence-corrected chi connectivity index (χ3v) is 7.02. The number of fused-ring (bicyclic) bond motifs is 1. The zero-order valence-electron chi connectivity index (χ0n) is 18.7. The van der Waals surface area contributed by atoms with Crippen molar-refractivity contribution in [2.45, 2.75) is 26.7 Å². The molecular formula is C25H26F2N4O2. The second-order valence-electron chi connectivity index (χ2n) is 9.35. The van der Waals surface area contributed by atoms with Crippen LogP contribution in [0.25, 0.3) is 10.9 Å². The minimum Gasteiger partial charge on any atom is -0.370 e. The number of H-pyrrole nitrogens is 1. The van der Waals surface area contributed by atoms with E-state index in [1.165, 1.54) is 24.3 Å². The van der Waals surface area contributed by atoms with Crippen molar-refractivity contribution in [1.29, 1.82) is 0 Å². The van der Waals surface area contributed by atoms with Crippen LogP contribution >= 0.6 is 0 Å². The summed E-state index contributed by atoms with van der Waals surface area (Å²) in [6.45, 7) is 6.56. The average molecular weight is 453 g/mol. The van der Waals surface area contributed by atoms with E-state index in [9.17, 15) is 18.4 Å². The summed E-state index contributed by atoms with van der Waals surface area (Å²) in [7, 11) is 0. The summed E-state index contributed by atoms with van der Waals surface area (Å²) < 4.78 is 28.5. The molecule has 33 heavy (non-hydrogen) atoms. The highest BCUT2D eigenvalue weighted by atomic mass is 19.1. The molecule has 1 spiro atoms. The van der Waals surface area contributed by atoms with E-state index < -0.39 is 17.5 Å². The van der Waals surface area contributed by atoms with E-state index >= 15 is 0 Å². The summed E-state index contributed by atoms with van der Waals surface area (Å²) in [5.41, 5.74) is 2.83. The lowest BCUT2D eigenvalue weighted by Crippen LogP contribution is -2.60. The Kier molecular flexibility index (Phi) is 5.11. The number of aryl methyl sites for hydroxylation is 1. The second-order valence-corrected chi connectivity index (χ2v) is 9.35.